The number of alkyl halides is 3. The molecule has 0 aliphatic carbocycles. The molecule has 34 heavy (non-hydrogen) atoms. The molecule has 2 atom stereocenters. The third-order valence-corrected chi connectivity index (χ3v) is 8.27. The van der Waals surface area contributed by atoms with Crippen LogP contribution in [0.2, 0.25) is 0 Å². The molecular weight excluding hydrogens is 495 g/mol. The largest absolute Gasteiger partial charge is 0.421 e. The summed E-state index contributed by atoms with van der Waals surface area (Å²) >= 11 is 0.730. The summed E-state index contributed by atoms with van der Waals surface area (Å²) in [4.78, 5) is 13.0. The smallest absolute Gasteiger partial charge is 0.376 e. The average molecular weight is 518 g/mol. The Bertz CT molecular complexity index is 1220. The molecule has 3 rings (SSSR count). The van der Waals surface area contributed by atoms with Gasteiger partial charge in [-0.25, -0.2) is 8.42 Å². The van der Waals surface area contributed by atoms with Crippen molar-refractivity contribution in [1.29, 1.82) is 0 Å². The van der Waals surface area contributed by atoms with Crippen LogP contribution < -0.4 is 10.2 Å². The normalized spacial score (nSPS) is 19.1. The van der Waals surface area contributed by atoms with Gasteiger partial charge in [0.2, 0.25) is 15.4 Å². The van der Waals surface area contributed by atoms with Gasteiger partial charge in [0.1, 0.15) is 6.04 Å². The highest BCUT2D eigenvalue weighted by Crippen LogP contribution is 2.39. The lowest BCUT2D eigenvalue weighted by Crippen LogP contribution is -2.54. The van der Waals surface area contributed by atoms with Crippen molar-refractivity contribution < 1.29 is 31.5 Å². The molecular formula is C20H22F3N5O4S2. The molecule has 14 heteroatoms. The van der Waals surface area contributed by atoms with Crippen molar-refractivity contribution in [2.24, 2.45) is 0 Å². The minimum absolute atomic E-state index is 0.0136. The topological polar surface area (TPSA) is 116 Å². The first kappa shape index (κ1) is 25.9. The molecule has 0 saturated carbocycles. The van der Waals surface area contributed by atoms with Gasteiger partial charge in [-0.3, -0.25) is 4.79 Å². The average Bonchev–Trinajstić information content (AvgIpc) is 3.22. The van der Waals surface area contributed by atoms with Crippen molar-refractivity contribution in [2.75, 3.05) is 29.9 Å². The number of nitrogens with zero attached hydrogens (tertiary/aromatic N) is 4. The van der Waals surface area contributed by atoms with Crippen molar-refractivity contribution in [2.45, 2.75) is 42.9 Å². The highest BCUT2D eigenvalue weighted by molar-refractivity contribution is 7.91. The second kappa shape index (κ2) is 9.49. The van der Waals surface area contributed by atoms with Gasteiger partial charge in [-0.1, -0.05) is 29.4 Å². The molecule has 0 spiro atoms. The number of carbonyl (C=O) groups excluding carboxylic acids is 1. The predicted molar refractivity (Wildman–Crippen MR) is 120 cm³/mol. The Morgan fingerprint density at radius 1 is 1.24 bits per heavy atom. The molecule has 1 aliphatic rings. The van der Waals surface area contributed by atoms with Crippen molar-refractivity contribution in [3.8, 4) is 11.8 Å². The SMILES string of the molecule is CC#CC1CN(S(=O)(=O)c2nnc(NC(C)=O)s2)CCN1c1ccc(C(C)(O)C(F)(F)F)cc1. The molecule has 2 unspecified atom stereocenters. The van der Waals surface area contributed by atoms with Crippen LogP contribution in [0, 0.1) is 11.8 Å². The van der Waals surface area contributed by atoms with E-state index in [0.717, 1.165) is 11.3 Å². The van der Waals surface area contributed by atoms with Crippen LogP contribution in [0.15, 0.2) is 28.6 Å². The van der Waals surface area contributed by atoms with Gasteiger partial charge in [-0.05, 0) is 31.5 Å². The van der Waals surface area contributed by atoms with E-state index >= 15 is 0 Å². The van der Waals surface area contributed by atoms with Gasteiger partial charge in [0, 0.05) is 32.2 Å². The summed E-state index contributed by atoms with van der Waals surface area (Å²) in [5, 5.41) is 19.7. The number of aromatic nitrogens is 2. The van der Waals surface area contributed by atoms with Gasteiger partial charge >= 0.3 is 6.18 Å². The van der Waals surface area contributed by atoms with Crippen LogP contribution in [0.3, 0.4) is 0 Å². The number of piperazine rings is 1. The van der Waals surface area contributed by atoms with E-state index in [-0.39, 0.29) is 34.7 Å². The highest BCUT2D eigenvalue weighted by Gasteiger charge is 2.51. The Labute approximate surface area is 198 Å². The molecule has 0 radical (unpaired) electrons. The highest BCUT2D eigenvalue weighted by atomic mass is 32.2. The number of benzene rings is 1. The Kier molecular flexibility index (Phi) is 7.23. The molecule has 2 N–H and O–H groups in total. The van der Waals surface area contributed by atoms with Gasteiger partial charge in [-0.15, -0.1) is 16.1 Å². The summed E-state index contributed by atoms with van der Waals surface area (Å²) in [7, 11) is -4.00. The van der Waals surface area contributed by atoms with Crippen molar-refractivity contribution in [3.05, 3.63) is 29.8 Å². The molecule has 1 aromatic heterocycles. The molecule has 9 nitrogen and oxygen atoms in total. The third kappa shape index (κ3) is 5.17. The fourth-order valence-electron chi connectivity index (χ4n) is 3.34. The van der Waals surface area contributed by atoms with Gasteiger partial charge in [-0.2, -0.15) is 17.5 Å². The minimum Gasteiger partial charge on any atom is -0.376 e. The van der Waals surface area contributed by atoms with Crippen molar-refractivity contribution >= 4 is 38.1 Å². The minimum atomic E-state index is -4.84. The summed E-state index contributed by atoms with van der Waals surface area (Å²) < 4.78 is 66.4. The molecule has 2 heterocycles. The number of rotatable bonds is 5. The van der Waals surface area contributed by atoms with Crippen molar-refractivity contribution in [1.82, 2.24) is 14.5 Å². The molecule has 1 amide bonds. The standard InChI is InChI=1S/C20H22F3N5O4S2/c1-4-5-16-12-27(34(31,32)18-26-25-17(33-18)24-13(2)29)10-11-28(16)15-8-6-14(7-9-15)19(3,30)20(21,22)23/h6-9,16,30H,10-12H2,1-3H3,(H,24,25,29). The summed E-state index contributed by atoms with van der Waals surface area (Å²) in [6.45, 7) is 3.81. The number of aliphatic hydroxyl groups is 1. The van der Waals surface area contributed by atoms with Crippen LogP contribution in [-0.2, 0) is 20.4 Å². The van der Waals surface area contributed by atoms with Gasteiger partial charge < -0.3 is 15.3 Å². The lowest BCUT2D eigenvalue weighted by atomic mass is 9.95. The Morgan fingerprint density at radius 3 is 2.44 bits per heavy atom. The first-order chi connectivity index (χ1) is 15.8. The van der Waals surface area contributed by atoms with Crippen LogP contribution in [0.4, 0.5) is 24.0 Å². The molecule has 1 saturated heterocycles. The number of halogens is 3. The van der Waals surface area contributed by atoms with E-state index < -0.39 is 33.7 Å². The van der Waals surface area contributed by atoms with Crippen LogP contribution in [-0.4, -0.2) is 65.8 Å². The van der Waals surface area contributed by atoms with E-state index in [4.69, 9.17) is 0 Å². The number of anilines is 2. The van der Waals surface area contributed by atoms with E-state index in [1.54, 1.807) is 11.8 Å². The molecule has 184 valence electrons. The number of amides is 1. The Hall–Kier alpha value is -2.73. The lowest BCUT2D eigenvalue weighted by Gasteiger charge is -2.39. The maximum Gasteiger partial charge on any atom is 0.421 e. The van der Waals surface area contributed by atoms with E-state index in [1.807, 2.05) is 0 Å². The third-order valence-electron chi connectivity index (χ3n) is 5.22. The number of hydrogen-bond donors (Lipinski definition) is 2. The summed E-state index contributed by atoms with van der Waals surface area (Å²) in [5.74, 6) is 5.29. The Balaban J connectivity index is 1.82. The van der Waals surface area contributed by atoms with Crippen LogP contribution in [0.1, 0.15) is 26.3 Å². The number of hydrogen-bond acceptors (Lipinski definition) is 8. The molecule has 2 aromatic rings. The quantitative estimate of drug-likeness (QED) is 0.461. The van der Waals surface area contributed by atoms with E-state index in [0.29, 0.717) is 12.6 Å². The molecule has 1 aromatic carbocycles. The second-order valence-corrected chi connectivity index (χ2v) is 10.7. The first-order valence-electron chi connectivity index (χ1n) is 9.97. The monoisotopic (exact) mass is 517 g/mol. The lowest BCUT2D eigenvalue weighted by molar-refractivity contribution is -0.258. The van der Waals surface area contributed by atoms with E-state index in [9.17, 15) is 31.5 Å². The fraction of sp³-hybridized carbons (Fsp3) is 0.450. The van der Waals surface area contributed by atoms with Crippen LogP contribution in [0.25, 0.3) is 0 Å². The zero-order valence-electron chi connectivity index (χ0n) is 18.4. The summed E-state index contributed by atoms with van der Waals surface area (Å²) in [6.07, 6.45) is -4.84. The molecule has 1 aliphatic heterocycles. The zero-order valence-corrected chi connectivity index (χ0v) is 20.1. The maximum atomic E-state index is 13.1. The zero-order chi connectivity index (χ0) is 25.3. The van der Waals surface area contributed by atoms with E-state index in [2.05, 4.69) is 27.4 Å². The summed E-state index contributed by atoms with van der Waals surface area (Å²) in [5.41, 5.74) is -2.77. The predicted octanol–water partition coefficient (Wildman–Crippen LogP) is 2.17. The van der Waals surface area contributed by atoms with E-state index in [1.165, 1.54) is 35.5 Å². The molecule has 1 fully saturated rings. The van der Waals surface area contributed by atoms with Gasteiger partial charge in [0.05, 0.1) is 0 Å². The molecule has 0 bridgehead atoms. The van der Waals surface area contributed by atoms with Gasteiger partial charge in [0.15, 0.2) is 5.60 Å². The van der Waals surface area contributed by atoms with Crippen LogP contribution in [0.5, 0.6) is 0 Å². The fourth-order valence-corrected chi connectivity index (χ4v) is 5.86. The maximum absolute atomic E-state index is 13.1. The van der Waals surface area contributed by atoms with Crippen molar-refractivity contribution in [3.63, 3.8) is 0 Å². The number of carbonyl (C=O) groups is 1. The van der Waals surface area contributed by atoms with Crippen LogP contribution >= 0.6 is 11.3 Å². The van der Waals surface area contributed by atoms with Gasteiger partial charge in [0.25, 0.3) is 10.0 Å². The Morgan fingerprint density at radius 2 is 1.88 bits per heavy atom. The number of sulfonamides is 1. The second-order valence-electron chi connectivity index (χ2n) is 7.64. The number of nitrogens with one attached hydrogen (secondary N) is 1. The first-order valence-corrected chi connectivity index (χ1v) is 12.2. The summed E-state index contributed by atoms with van der Waals surface area (Å²) in [6, 6.07) is 4.67.